The molecule has 0 bridgehead atoms. The fourth-order valence-electron chi connectivity index (χ4n) is 3.64. The van der Waals surface area contributed by atoms with E-state index in [1.807, 2.05) is 0 Å². The van der Waals surface area contributed by atoms with Crippen LogP contribution in [-0.2, 0) is 14.3 Å². The van der Waals surface area contributed by atoms with Gasteiger partial charge in [0.2, 0.25) is 5.54 Å². The summed E-state index contributed by atoms with van der Waals surface area (Å²) in [7, 11) is 0. The maximum Gasteiger partial charge on any atom is 0.316 e. The molecule has 1 aromatic rings. The second-order valence-electron chi connectivity index (χ2n) is 5.96. The number of esters is 1. The molecule has 0 spiro atoms. The molecule has 1 fully saturated rings. The Kier molecular flexibility index (Phi) is 5.74. The molecule has 0 unspecified atom stereocenters. The molecular formula is C17H20BrNO5. The highest BCUT2D eigenvalue weighted by molar-refractivity contribution is 9.10. The summed E-state index contributed by atoms with van der Waals surface area (Å²) in [6.07, 6.45) is 0.0739. The van der Waals surface area contributed by atoms with Crippen LogP contribution >= 0.6 is 15.9 Å². The van der Waals surface area contributed by atoms with Gasteiger partial charge in [0.15, 0.2) is 0 Å². The van der Waals surface area contributed by atoms with Gasteiger partial charge in [-0.3, -0.25) is 19.7 Å². The minimum absolute atomic E-state index is 0.0619. The molecule has 1 aliphatic rings. The summed E-state index contributed by atoms with van der Waals surface area (Å²) in [6, 6.07) is 7.11. The first-order valence-corrected chi connectivity index (χ1v) is 8.74. The van der Waals surface area contributed by atoms with Crippen LogP contribution in [0.15, 0.2) is 28.7 Å². The molecule has 130 valence electrons. The number of hydrogen-bond donors (Lipinski definition) is 0. The Labute approximate surface area is 148 Å². The highest BCUT2D eigenvalue weighted by Crippen LogP contribution is 2.48. The van der Waals surface area contributed by atoms with Crippen molar-refractivity contribution >= 4 is 27.7 Å². The van der Waals surface area contributed by atoms with Gasteiger partial charge < -0.3 is 4.74 Å². The zero-order valence-corrected chi connectivity index (χ0v) is 15.2. The van der Waals surface area contributed by atoms with Crippen molar-refractivity contribution < 1.29 is 19.2 Å². The lowest BCUT2D eigenvalue weighted by Crippen LogP contribution is -2.57. The van der Waals surface area contributed by atoms with Gasteiger partial charge in [-0.2, -0.15) is 0 Å². The first-order valence-electron chi connectivity index (χ1n) is 7.95. The van der Waals surface area contributed by atoms with E-state index in [2.05, 4.69) is 15.9 Å². The molecule has 0 aromatic heterocycles. The number of hydrogen-bond acceptors (Lipinski definition) is 5. The van der Waals surface area contributed by atoms with E-state index in [1.54, 1.807) is 38.1 Å². The first-order chi connectivity index (χ1) is 11.4. The van der Waals surface area contributed by atoms with Gasteiger partial charge >= 0.3 is 5.97 Å². The van der Waals surface area contributed by atoms with Crippen molar-refractivity contribution in [2.45, 2.75) is 44.6 Å². The van der Waals surface area contributed by atoms with E-state index in [-0.39, 0.29) is 36.6 Å². The van der Waals surface area contributed by atoms with Gasteiger partial charge in [0.25, 0.3) is 0 Å². The van der Waals surface area contributed by atoms with Crippen LogP contribution in [0.3, 0.4) is 0 Å². The van der Waals surface area contributed by atoms with Crippen LogP contribution in [0.25, 0.3) is 0 Å². The maximum absolute atomic E-state index is 12.4. The second kappa shape index (κ2) is 7.42. The number of rotatable bonds is 5. The molecule has 3 atom stereocenters. The number of Topliss-reactive ketones (excluding diaryl/α,β-unsaturated/α-hetero) is 1. The fraction of sp³-hybridized carbons (Fsp3) is 0.529. The summed E-state index contributed by atoms with van der Waals surface area (Å²) in [5, 5.41) is 12.1. The van der Waals surface area contributed by atoms with E-state index in [0.717, 1.165) is 4.47 Å². The first kappa shape index (κ1) is 18.6. The highest BCUT2D eigenvalue weighted by atomic mass is 79.9. The van der Waals surface area contributed by atoms with Crippen molar-refractivity contribution in [1.29, 1.82) is 0 Å². The summed E-state index contributed by atoms with van der Waals surface area (Å²) < 4.78 is 5.88. The molecular weight excluding hydrogens is 378 g/mol. The highest BCUT2D eigenvalue weighted by Gasteiger charge is 2.62. The van der Waals surface area contributed by atoms with Gasteiger partial charge in [0, 0.05) is 28.7 Å². The molecule has 24 heavy (non-hydrogen) atoms. The Hall–Kier alpha value is -1.76. The van der Waals surface area contributed by atoms with Gasteiger partial charge in [-0.15, -0.1) is 0 Å². The minimum atomic E-state index is -1.53. The average Bonchev–Trinajstić information content (AvgIpc) is 2.55. The lowest BCUT2D eigenvalue weighted by atomic mass is 9.62. The van der Waals surface area contributed by atoms with Crippen LogP contribution in [0.5, 0.6) is 0 Å². The molecule has 0 N–H and O–H groups in total. The number of nitro groups is 1. The molecule has 1 saturated carbocycles. The third-order valence-corrected chi connectivity index (χ3v) is 5.35. The van der Waals surface area contributed by atoms with Gasteiger partial charge in [0.1, 0.15) is 11.7 Å². The molecule has 0 aliphatic heterocycles. The van der Waals surface area contributed by atoms with Gasteiger partial charge in [-0.05, 0) is 24.6 Å². The Morgan fingerprint density at radius 3 is 2.46 bits per heavy atom. The quantitative estimate of drug-likeness (QED) is 0.431. The molecule has 0 saturated heterocycles. The number of benzene rings is 1. The number of carbonyl (C=O) groups excluding carboxylic acids is 2. The molecule has 2 rings (SSSR count). The third-order valence-electron chi connectivity index (χ3n) is 4.82. The fourth-order valence-corrected chi connectivity index (χ4v) is 3.91. The monoisotopic (exact) mass is 397 g/mol. The maximum atomic E-state index is 12.4. The van der Waals surface area contributed by atoms with Crippen molar-refractivity contribution in [2.75, 3.05) is 6.61 Å². The molecule has 0 heterocycles. The number of halogens is 1. The standard InChI is InChI=1S/C17H20BrNO5/c1-3-17(19(22)23)14(11-5-7-12(18)8-6-11)9-13(20)10-15(17)16(21)24-4-2/h5-8,14-15H,3-4,9-10H2,1-2H3/t14-,15+,17+/m1/s1. The summed E-state index contributed by atoms with van der Waals surface area (Å²) >= 11 is 3.34. The topological polar surface area (TPSA) is 86.5 Å². The predicted molar refractivity (Wildman–Crippen MR) is 91.3 cm³/mol. The van der Waals surface area contributed by atoms with Gasteiger partial charge in [-0.1, -0.05) is 35.0 Å². The van der Waals surface area contributed by atoms with Gasteiger partial charge in [-0.25, -0.2) is 0 Å². The van der Waals surface area contributed by atoms with E-state index in [1.165, 1.54) is 0 Å². The zero-order valence-electron chi connectivity index (χ0n) is 13.7. The van der Waals surface area contributed by atoms with Crippen molar-refractivity contribution in [3.63, 3.8) is 0 Å². The zero-order chi connectivity index (χ0) is 17.9. The van der Waals surface area contributed by atoms with E-state index in [0.29, 0.717) is 5.56 Å². The number of ketones is 1. The predicted octanol–water partition coefficient (Wildman–Crippen LogP) is 3.50. The van der Waals surface area contributed by atoms with Crippen molar-refractivity contribution in [3.8, 4) is 0 Å². The Morgan fingerprint density at radius 2 is 1.96 bits per heavy atom. The van der Waals surface area contributed by atoms with E-state index in [9.17, 15) is 19.7 Å². The van der Waals surface area contributed by atoms with Crippen LogP contribution < -0.4 is 0 Å². The summed E-state index contributed by atoms with van der Waals surface area (Å²) in [5.74, 6) is -2.52. The van der Waals surface area contributed by atoms with E-state index < -0.39 is 23.3 Å². The van der Waals surface area contributed by atoms with Crippen LogP contribution in [0, 0.1) is 16.0 Å². The Morgan fingerprint density at radius 1 is 1.33 bits per heavy atom. The van der Waals surface area contributed by atoms with Crippen molar-refractivity contribution in [2.24, 2.45) is 5.92 Å². The molecule has 0 radical (unpaired) electrons. The molecule has 0 amide bonds. The smallest absolute Gasteiger partial charge is 0.316 e. The second-order valence-corrected chi connectivity index (χ2v) is 6.87. The van der Waals surface area contributed by atoms with Gasteiger partial charge in [0.05, 0.1) is 12.5 Å². The van der Waals surface area contributed by atoms with Crippen LogP contribution in [0.2, 0.25) is 0 Å². The van der Waals surface area contributed by atoms with Crippen LogP contribution in [0.4, 0.5) is 0 Å². The van der Waals surface area contributed by atoms with Crippen molar-refractivity contribution in [3.05, 3.63) is 44.4 Å². The average molecular weight is 398 g/mol. The molecule has 1 aliphatic carbocycles. The number of nitrogens with zero attached hydrogens (tertiary/aromatic N) is 1. The lowest BCUT2D eigenvalue weighted by molar-refractivity contribution is -0.585. The van der Waals surface area contributed by atoms with Crippen molar-refractivity contribution in [1.82, 2.24) is 0 Å². The SMILES string of the molecule is CCOC(=O)[C@@H]1CC(=O)C[C@H](c2ccc(Br)cc2)[C@]1(CC)[N+](=O)[O-]. The number of carbonyl (C=O) groups is 2. The molecule has 6 nitrogen and oxygen atoms in total. The van der Waals surface area contributed by atoms with E-state index in [4.69, 9.17) is 4.74 Å². The molecule has 1 aromatic carbocycles. The minimum Gasteiger partial charge on any atom is -0.466 e. The Balaban J connectivity index is 2.57. The summed E-state index contributed by atoms with van der Waals surface area (Å²) in [6.45, 7) is 3.47. The largest absolute Gasteiger partial charge is 0.466 e. The lowest BCUT2D eigenvalue weighted by Gasteiger charge is -2.40. The van der Waals surface area contributed by atoms with Crippen LogP contribution in [0.1, 0.15) is 44.6 Å². The third kappa shape index (κ3) is 3.22. The summed E-state index contributed by atoms with van der Waals surface area (Å²) in [5.41, 5.74) is -0.840. The summed E-state index contributed by atoms with van der Waals surface area (Å²) in [4.78, 5) is 36.3. The van der Waals surface area contributed by atoms with Crippen LogP contribution in [-0.4, -0.2) is 28.8 Å². The van der Waals surface area contributed by atoms with E-state index >= 15 is 0 Å². The number of ether oxygens (including phenoxy) is 1. The Bertz CT molecular complexity index is 645. The molecule has 7 heteroatoms. The normalized spacial score (nSPS) is 26.9.